The molecule has 7 rings (SSSR count). The van der Waals surface area contributed by atoms with Gasteiger partial charge in [-0.05, 0) is 128 Å². The van der Waals surface area contributed by atoms with Crippen molar-refractivity contribution < 1.29 is 0 Å². The van der Waals surface area contributed by atoms with Crippen LogP contribution in [0.25, 0.3) is 0 Å². The molecular formula is C56H65N7. The first-order chi connectivity index (χ1) is 30.9. The molecule has 324 valence electrons. The molecule has 0 fully saturated rings. The Bertz CT molecular complexity index is 2110. The highest BCUT2D eigenvalue weighted by Gasteiger charge is 2.26. The highest BCUT2D eigenvalue weighted by atomic mass is 15.3. The zero-order chi connectivity index (χ0) is 44.0. The van der Waals surface area contributed by atoms with E-state index < -0.39 is 0 Å². The zero-order valence-corrected chi connectivity index (χ0v) is 38.4. The summed E-state index contributed by atoms with van der Waals surface area (Å²) in [5.74, 6) is 4.00. The fourth-order valence-corrected chi connectivity index (χ4v) is 8.40. The molecule has 4 aromatic heterocycles. The van der Waals surface area contributed by atoms with Crippen molar-refractivity contribution in [3.8, 4) is 0 Å². The molecule has 0 aliphatic rings. The van der Waals surface area contributed by atoms with Gasteiger partial charge in [-0.15, -0.1) is 0 Å². The summed E-state index contributed by atoms with van der Waals surface area (Å²) in [7, 11) is 0. The summed E-state index contributed by atoms with van der Waals surface area (Å²) in [5, 5.41) is 0. The topological polar surface area (TPSA) is 61.3 Å². The van der Waals surface area contributed by atoms with Gasteiger partial charge >= 0.3 is 0 Å². The van der Waals surface area contributed by atoms with Gasteiger partial charge in [0.2, 0.25) is 0 Å². The number of nitrogens with zero attached hydrogens (tertiary/aromatic N) is 7. The van der Waals surface area contributed by atoms with Gasteiger partial charge in [-0.1, -0.05) is 135 Å². The summed E-state index contributed by atoms with van der Waals surface area (Å²) in [6.45, 7) is 13.3. The Morgan fingerprint density at radius 1 is 0.286 bits per heavy atom. The minimum Gasteiger partial charge on any atom is -0.295 e. The summed E-state index contributed by atoms with van der Waals surface area (Å²) >= 11 is 0. The van der Waals surface area contributed by atoms with Crippen LogP contribution < -0.4 is 14.7 Å². The normalized spacial score (nSPS) is 11.1. The second-order valence-electron chi connectivity index (χ2n) is 16.5. The van der Waals surface area contributed by atoms with E-state index in [0.717, 1.165) is 146 Å². The predicted octanol–water partition coefficient (Wildman–Crippen LogP) is 15.4. The Morgan fingerprint density at radius 2 is 0.603 bits per heavy atom. The summed E-state index contributed by atoms with van der Waals surface area (Å²) in [6, 6.07) is 50.3. The van der Waals surface area contributed by atoms with Crippen LogP contribution >= 0.6 is 0 Å². The minimum atomic E-state index is 0.746. The van der Waals surface area contributed by atoms with Crippen molar-refractivity contribution in [2.75, 3.05) is 14.7 Å². The van der Waals surface area contributed by atoms with Crippen LogP contribution in [0.2, 0.25) is 0 Å². The number of anilines is 9. The molecule has 0 amide bonds. The lowest BCUT2D eigenvalue weighted by molar-refractivity contribution is 0.878. The molecule has 0 N–H and O–H groups in total. The third kappa shape index (κ3) is 11.2. The standard InChI is InChI=1S/C56H65N7/c1-7-19-42-25-13-31-48(37-42)61(52-34-16-28-45(57-52)22-10-4)51-40-55(62(49-32-14-26-43(38-49)20-8-2)53-35-17-29-46(58-53)23-11-5)60-56(41-51)63(50-33-15-27-44(39-50)21-9-3)54-36-18-30-47(59-54)24-12-6/h13-18,25-41H,7-12,19-24H2,1-6H3. The van der Waals surface area contributed by atoms with Gasteiger partial charge in [0.05, 0.1) is 5.69 Å². The molecule has 4 heterocycles. The van der Waals surface area contributed by atoms with Gasteiger partial charge in [-0.3, -0.25) is 14.7 Å². The Hall–Kier alpha value is -6.34. The predicted molar refractivity (Wildman–Crippen MR) is 266 cm³/mol. The van der Waals surface area contributed by atoms with E-state index in [1.54, 1.807) is 0 Å². The number of hydrogen-bond acceptors (Lipinski definition) is 7. The van der Waals surface area contributed by atoms with Gasteiger partial charge in [0, 0.05) is 46.3 Å². The zero-order valence-electron chi connectivity index (χ0n) is 38.4. The molecular weight excluding hydrogens is 771 g/mol. The van der Waals surface area contributed by atoms with E-state index in [2.05, 4.69) is 196 Å². The third-order valence-corrected chi connectivity index (χ3v) is 11.2. The molecule has 0 unspecified atom stereocenters. The molecule has 0 spiro atoms. The van der Waals surface area contributed by atoms with Crippen molar-refractivity contribution in [1.29, 1.82) is 0 Å². The van der Waals surface area contributed by atoms with Crippen molar-refractivity contribution >= 4 is 51.8 Å². The van der Waals surface area contributed by atoms with E-state index in [0.29, 0.717) is 0 Å². The second kappa shape index (κ2) is 22.1. The molecule has 63 heavy (non-hydrogen) atoms. The van der Waals surface area contributed by atoms with Gasteiger partial charge in [0.15, 0.2) is 0 Å². The van der Waals surface area contributed by atoms with Crippen LogP contribution in [0.15, 0.2) is 140 Å². The van der Waals surface area contributed by atoms with Crippen LogP contribution in [0, 0.1) is 0 Å². The first kappa shape index (κ1) is 44.7. The van der Waals surface area contributed by atoms with Crippen molar-refractivity contribution in [3.05, 3.63) is 173 Å². The van der Waals surface area contributed by atoms with Crippen molar-refractivity contribution in [3.63, 3.8) is 0 Å². The summed E-state index contributed by atoms with van der Waals surface area (Å²) in [4.78, 5) is 28.5. The average molecular weight is 836 g/mol. The molecule has 7 heteroatoms. The van der Waals surface area contributed by atoms with Gasteiger partial charge in [-0.25, -0.2) is 19.9 Å². The molecule has 3 aromatic carbocycles. The molecule has 7 nitrogen and oxygen atoms in total. The quantitative estimate of drug-likeness (QED) is 0.0714. The third-order valence-electron chi connectivity index (χ3n) is 11.2. The van der Waals surface area contributed by atoms with Gasteiger partial charge in [0.25, 0.3) is 0 Å². The molecule has 0 bridgehead atoms. The Kier molecular flexibility index (Phi) is 15.7. The largest absolute Gasteiger partial charge is 0.295 e. The summed E-state index contributed by atoms with van der Waals surface area (Å²) in [5.41, 5.74) is 11.0. The molecule has 0 radical (unpaired) electrons. The van der Waals surface area contributed by atoms with E-state index in [1.807, 2.05) is 0 Å². The average Bonchev–Trinajstić information content (AvgIpc) is 3.28. The highest BCUT2D eigenvalue weighted by molar-refractivity contribution is 5.84. The van der Waals surface area contributed by atoms with E-state index >= 15 is 0 Å². The minimum absolute atomic E-state index is 0.746. The maximum Gasteiger partial charge on any atom is 0.143 e. The van der Waals surface area contributed by atoms with Gasteiger partial charge < -0.3 is 0 Å². The van der Waals surface area contributed by atoms with Crippen LogP contribution in [0.1, 0.15) is 114 Å². The highest BCUT2D eigenvalue weighted by Crippen LogP contribution is 2.44. The number of hydrogen-bond donors (Lipinski definition) is 0. The monoisotopic (exact) mass is 836 g/mol. The van der Waals surface area contributed by atoms with Gasteiger partial charge in [0.1, 0.15) is 29.1 Å². The first-order valence-electron chi connectivity index (χ1n) is 23.5. The smallest absolute Gasteiger partial charge is 0.143 e. The van der Waals surface area contributed by atoms with Crippen molar-refractivity contribution in [1.82, 2.24) is 19.9 Å². The number of benzene rings is 3. The molecule has 7 aromatic rings. The Morgan fingerprint density at radius 3 is 0.952 bits per heavy atom. The van der Waals surface area contributed by atoms with Crippen LogP contribution in [-0.4, -0.2) is 19.9 Å². The lowest BCUT2D eigenvalue weighted by Crippen LogP contribution is -2.20. The lowest BCUT2D eigenvalue weighted by Gasteiger charge is -2.31. The molecule has 0 aliphatic heterocycles. The fraction of sp³-hybridized carbons (Fsp3) is 0.321. The van der Waals surface area contributed by atoms with Crippen LogP contribution in [-0.2, 0) is 38.5 Å². The summed E-state index contributed by atoms with van der Waals surface area (Å²) in [6.07, 6.45) is 11.8. The lowest BCUT2D eigenvalue weighted by atomic mass is 10.1. The summed E-state index contributed by atoms with van der Waals surface area (Å²) < 4.78 is 0. The number of aromatic nitrogens is 4. The van der Waals surface area contributed by atoms with Crippen LogP contribution in [0.4, 0.5) is 51.8 Å². The van der Waals surface area contributed by atoms with Gasteiger partial charge in [-0.2, -0.15) is 0 Å². The molecule has 0 saturated carbocycles. The van der Waals surface area contributed by atoms with E-state index in [-0.39, 0.29) is 0 Å². The fourth-order valence-electron chi connectivity index (χ4n) is 8.40. The van der Waals surface area contributed by atoms with Crippen LogP contribution in [0.3, 0.4) is 0 Å². The number of rotatable bonds is 21. The first-order valence-corrected chi connectivity index (χ1v) is 23.5. The molecule has 0 aliphatic carbocycles. The van der Waals surface area contributed by atoms with E-state index in [4.69, 9.17) is 19.9 Å². The van der Waals surface area contributed by atoms with E-state index in [1.165, 1.54) is 16.7 Å². The van der Waals surface area contributed by atoms with Crippen LogP contribution in [0.5, 0.6) is 0 Å². The van der Waals surface area contributed by atoms with E-state index in [9.17, 15) is 0 Å². The SMILES string of the molecule is CCCc1cccc(N(c2cc(N(c3cccc(CCC)c3)c3cccc(CCC)n3)nc(N(c3cccc(CCC)c3)c3cccc(CCC)n3)c2)c2cccc(CCC)n2)c1. The Balaban J connectivity index is 1.58. The maximum atomic E-state index is 5.73. The molecule has 0 saturated heterocycles. The Labute approximate surface area is 377 Å². The second-order valence-corrected chi connectivity index (χ2v) is 16.5. The van der Waals surface area contributed by atoms with Crippen molar-refractivity contribution in [2.45, 2.75) is 119 Å². The number of aryl methyl sites for hydroxylation is 6. The molecule has 0 atom stereocenters. The number of pyridine rings is 4. The van der Waals surface area contributed by atoms with Crippen molar-refractivity contribution in [2.24, 2.45) is 0 Å². The maximum absolute atomic E-state index is 5.73.